The molecule has 2 rings (SSSR count). The van der Waals surface area contributed by atoms with E-state index in [1.54, 1.807) is 0 Å². The van der Waals surface area contributed by atoms with Gasteiger partial charge < -0.3 is 0 Å². The second-order valence-corrected chi connectivity index (χ2v) is 5.34. The summed E-state index contributed by atoms with van der Waals surface area (Å²) in [6.07, 6.45) is 2.54. The molecule has 0 amide bonds. The summed E-state index contributed by atoms with van der Waals surface area (Å²) in [5.74, 6) is 0.805. The predicted molar refractivity (Wildman–Crippen MR) is 84.2 cm³/mol. The highest BCUT2D eigenvalue weighted by Crippen LogP contribution is 2.20. The molecule has 0 N–H and O–H groups in total. The molecule has 1 atom stereocenters. The van der Waals surface area contributed by atoms with Gasteiger partial charge in [-0.3, -0.25) is 4.79 Å². The van der Waals surface area contributed by atoms with E-state index in [9.17, 15) is 4.79 Å². The molecule has 0 spiro atoms. The molecule has 1 heteroatoms. The highest BCUT2D eigenvalue weighted by Gasteiger charge is 2.07. The number of Topliss-reactive ketones (excluding diaryl/α,β-unsaturated/α-hetero) is 1. The molecule has 0 radical (unpaired) electrons. The van der Waals surface area contributed by atoms with Crippen LogP contribution in [0.25, 0.3) is 0 Å². The Morgan fingerprint density at radius 1 is 1.05 bits per heavy atom. The third-order valence-corrected chi connectivity index (χ3v) is 3.87. The van der Waals surface area contributed by atoms with Crippen LogP contribution in [0.1, 0.15) is 54.1 Å². The van der Waals surface area contributed by atoms with Crippen LogP contribution in [0.15, 0.2) is 54.6 Å². The highest BCUT2D eigenvalue weighted by molar-refractivity contribution is 5.96. The summed E-state index contributed by atoms with van der Waals surface area (Å²) in [6.45, 7) is 4.45. The number of hydrogen-bond donors (Lipinski definition) is 0. The van der Waals surface area contributed by atoms with Crippen molar-refractivity contribution in [2.75, 3.05) is 0 Å². The Bertz CT molecular complexity index is 557. The molecule has 0 aliphatic rings. The highest BCUT2D eigenvalue weighted by atomic mass is 16.1. The van der Waals surface area contributed by atoms with Crippen LogP contribution < -0.4 is 0 Å². The Kier molecular flexibility index (Phi) is 5.11. The zero-order valence-corrected chi connectivity index (χ0v) is 12.3. The number of carbonyl (C=O) groups is 1. The van der Waals surface area contributed by atoms with Crippen molar-refractivity contribution in [2.24, 2.45) is 0 Å². The van der Waals surface area contributed by atoms with Gasteiger partial charge >= 0.3 is 0 Å². The lowest BCUT2D eigenvalue weighted by atomic mass is 9.95. The quantitative estimate of drug-likeness (QED) is 0.671. The standard InChI is InChI=1S/C19H22O/c1-3-15(2)18-11-7-8-16(14-18)12-13-19(20)17-9-5-4-6-10-17/h4-11,14-15H,3,12-13H2,1-2H3. The van der Waals surface area contributed by atoms with Crippen molar-refractivity contribution >= 4 is 5.78 Å². The minimum absolute atomic E-state index is 0.222. The lowest BCUT2D eigenvalue weighted by Crippen LogP contribution is -2.01. The lowest BCUT2D eigenvalue weighted by molar-refractivity contribution is 0.0983. The summed E-state index contributed by atoms with van der Waals surface area (Å²) in [5, 5.41) is 0. The van der Waals surface area contributed by atoms with Crippen LogP contribution in [0.5, 0.6) is 0 Å². The van der Waals surface area contributed by atoms with Crippen molar-refractivity contribution in [1.29, 1.82) is 0 Å². The van der Waals surface area contributed by atoms with E-state index in [1.165, 1.54) is 11.1 Å². The Labute approximate surface area is 121 Å². The molecule has 0 aliphatic carbocycles. The molecule has 20 heavy (non-hydrogen) atoms. The number of benzene rings is 2. The second-order valence-electron chi connectivity index (χ2n) is 5.34. The Balaban J connectivity index is 1.99. The predicted octanol–water partition coefficient (Wildman–Crippen LogP) is 5.02. The number of carbonyl (C=O) groups excluding carboxylic acids is 1. The topological polar surface area (TPSA) is 17.1 Å². The fourth-order valence-corrected chi connectivity index (χ4v) is 2.32. The minimum Gasteiger partial charge on any atom is -0.294 e. The van der Waals surface area contributed by atoms with E-state index in [0.717, 1.165) is 18.4 Å². The second kappa shape index (κ2) is 7.04. The molecule has 0 aliphatic heterocycles. The van der Waals surface area contributed by atoms with Crippen molar-refractivity contribution in [3.05, 3.63) is 71.3 Å². The number of rotatable bonds is 6. The fraction of sp³-hybridized carbons (Fsp3) is 0.316. The van der Waals surface area contributed by atoms with Gasteiger partial charge in [0.05, 0.1) is 0 Å². The molecule has 1 unspecified atom stereocenters. The molecule has 0 aromatic heterocycles. The first-order valence-corrected chi connectivity index (χ1v) is 7.37. The summed E-state index contributed by atoms with van der Waals surface area (Å²) in [5.41, 5.74) is 3.44. The molecular formula is C19H22O. The average Bonchev–Trinajstić information content (AvgIpc) is 2.53. The average molecular weight is 266 g/mol. The monoisotopic (exact) mass is 266 g/mol. The van der Waals surface area contributed by atoms with Crippen LogP contribution in [0.2, 0.25) is 0 Å². The van der Waals surface area contributed by atoms with Crippen LogP contribution in [0, 0.1) is 0 Å². The van der Waals surface area contributed by atoms with E-state index in [0.29, 0.717) is 12.3 Å². The third-order valence-electron chi connectivity index (χ3n) is 3.87. The van der Waals surface area contributed by atoms with Crippen molar-refractivity contribution in [3.8, 4) is 0 Å². The summed E-state index contributed by atoms with van der Waals surface area (Å²) in [7, 11) is 0. The van der Waals surface area contributed by atoms with Gasteiger partial charge in [-0.25, -0.2) is 0 Å². The normalized spacial score (nSPS) is 12.1. The van der Waals surface area contributed by atoms with E-state index in [1.807, 2.05) is 30.3 Å². The Morgan fingerprint density at radius 2 is 1.80 bits per heavy atom. The van der Waals surface area contributed by atoms with Crippen LogP contribution >= 0.6 is 0 Å². The number of aryl methyl sites for hydroxylation is 1. The Hall–Kier alpha value is -1.89. The molecule has 0 bridgehead atoms. The van der Waals surface area contributed by atoms with Gasteiger partial charge in [0.15, 0.2) is 5.78 Å². The van der Waals surface area contributed by atoms with Crippen LogP contribution in [0.4, 0.5) is 0 Å². The van der Waals surface area contributed by atoms with Crippen molar-refractivity contribution in [3.63, 3.8) is 0 Å². The molecule has 0 saturated carbocycles. The van der Waals surface area contributed by atoms with Gasteiger partial charge in [-0.05, 0) is 29.9 Å². The summed E-state index contributed by atoms with van der Waals surface area (Å²) in [6, 6.07) is 18.2. The maximum Gasteiger partial charge on any atom is 0.163 e. The van der Waals surface area contributed by atoms with Crippen molar-refractivity contribution < 1.29 is 4.79 Å². The SMILES string of the molecule is CCC(C)c1cccc(CCC(=O)c2ccccc2)c1. The first kappa shape index (κ1) is 14.5. The van der Waals surface area contributed by atoms with Crippen LogP contribution in [-0.2, 0) is 6.42 Å². The molecule has 2 aromatic rings. The fourth-order valence-electron chi connectivity index (χ4n) is 2.32. The van der Waals surface area contributed by atoms with E-state index >= 15 is 0 Å². The van der Waals surface area contributed by atoms with Gasteiger partial charge in [0.25, 0.3) is 0 Å². The summed E-state index contributed by atoms with van der Waals surface area (Å²) >= 11 is 0. The smallest absolute Gasteiger partial charge is 0.163 e. The molecule has 0 saturated heterocycles. The summed E-state index contributed by atoms with van der Waals surface area (Å²) < 4.78 is 0. The van der Waals surface area contributed by atoms with E-state index < -0.39 is 0 Å². The number of ketones is 1. The summed E-state index contributed by atoms with van der Waals surface area (Å²) in [4.78, 5) is 12.1. The largest absolute Gasteiger partial charge is 0.294 e. The van der Waals surface area contributed by atoms with Gasteiger partial charge in [-0.1, -0.05) is 68.4 Å². The molecule has 1 nitrogen and oxygen atoms in total. The third kappa shape index (κ3) is 3.80. The zero-order valence-electron chi connectivity index (χ0n) is 12.3. The minimum atomic E-state index is 0.222. The van der Waals surface area contributed by atoms with E-state index in [2.05, 4.69) is 38.1 Å². The molecule has 104 valence electrons. The molecule has 0 heterocycles. The zero-order chi connectivity index (χ0) is 14.4. The molecular weight excluding hydrogens is 244 g/mol. The maximum absolute atomic E-state index is 12.1. The first-order chi connectivity index (χ1) is 9.70. The van der Waals surface area contributed by atoms with Gasteiger partial charge in [0.1, 0.15) is 0 Å². The molecule has 0 fully saturated rings. The van der Waals surface area contributed by atoms with Crippen LogP contribution in [-0.4, -0.2) is 5.78 Å². The number of hydrogen-bond acceptors (Lipinski definition) is 1. The van der Waals surface area contributed by atoms with Crippen molar-refractivity contribution in [2.45, 2.75) is 39.0 Å². The van der Waals surface area contributed by atoms with Crippen LogP contribution in [0.3, 0.4) is 0 Å². The van der Waals surface area contributed by atoms with Gasteiger partial charge in [0.2, 0.25) is 0 Å². The van der Waals surface area contributed by atoms with E-state index in [-0.39, 0.29) is 5.78 Å². The van der Waals surface area contributed by atoms with Crippen molar-refractivity contribution in [1.82, 2.24) is 0 Å². The lowest BCUT2D eigenvalue weighted by Gasteiger charge is -2.10. The maximum atomic E-state index is 12.1. The first-order valence-electron chi connectivity index (χ1n) is 7.37. The van der Waals surface area contributed by atoms with E-state index in [4.69, 9.17) is 0 Å². The van der Waals surface area contributed by atoms with Gasteiger partial charge in [-0.2, -0.15) is 0 Å². The Morgan fingerprint density at radius 3 is 2.50 bits per heavy atom. The molecule has 2 aromatic carbocycles. The van der Waals surface area contributed by atoms with Gasteiger partial charge in [-0.15, -0.1) is 0 Å². The van der Waals surface area contributed by atoms with Gasteiger partial charge in [0, 0.05) is 12.0 Å².